The lowest BCUT2D eigenvalue weighted by Gasteiger charge is -2.45. The Kier molecular flexibility index (Phi) is 4.83. The zero-order valence-corrected chi connectivity index (χ0v) is 21.6. The van der Waals surface area contributed by atoms with Crippen LogP contribution in [0.25, 0.3) is 0 Å². The molecule has 5 heterocycles. The summed E-state index contributed by atoms with van der Waals surface area (Å²) >= 11 is 0. The highest BCUT2D eigenvalue weighted by Crippen LogP contribution is 2.58. The Morgan fingerprint density at radius 2 is 1.41 bits per heavy atom. The maximum Gasteiger partial charge on any atom is 0.269 e. The molecular formula is C28H32N2O7. The van der Waals surface area contributed by atoms with Gasteiger partial charge in [0.2, 0.25) is 11.6 Å². The highest BCUT2D eigenvalue weighted by Gasteiger charge is 2.55. The highest BCUT2D eigenvalue weighted by molar-refractivity contribution is 5.67. The van der Waals surface area contributed by atoms with Gasteiger partial charge in [-0.1, -0.05) is 13.8 Å². The van der Waals surface area contributed by atoms with E-state index in [1.807, 2.05) is 6.92 Å². The van der Waals surface area contributed by atoms with Crippen molar-refractivity contribution in [3.63, 3.8) is 0 Å². The van der Waals surface area contributed by atoms with E-state index in [4.69, 9.17) is 23.7 Å². The number of fused-ring (bicyclic) bond motifs is 8. The number of rotatable bonds is 2. The smallest absolute Gasteiger partial charge is 0.269 e. The maximum atomic E-state index is 11.1. The van der Waals surface area contributed by atoms with Crippen LogP contribution >= 0.6 is 0 Å². The van der Waals surface area contributed by atoms with Crippen molar-refractivity contribution >= 4 is 11.4 Å². The summed E-state index contributed by atoms with van der Waals surface area (Å²) in [6, 6.07) is 6.59. The monoisotopic (exact) mass is 508 g/mol. The van der Waals surface area contributed by atoms with E-state index in [2.05, 4.69) is 25.7 Å². The van der Waals surface area contributed by atoms with Gasteiger partial charge in [-0.2, -0.15) is 0 Å². The molecule has 0 N–H and O–H groups in total. The average molecular weight is 509 g/mol. The van der Waals surface area contributed by atoms with Gasteiger partial charge >= 0.3 is 0 Å². The summed E-state index contributed by atoms with van der Waals surface area (Å²) in [4.78, 5) is 12.8. The summed E-state index contributed by atoms with van der Waals surface area (Å²) in [5, 5.41) is 11.1. The van der Waals surface area contributed by atoms with Crippen LogP contribution in [0.4, 0.5) is 11.4 Å². The van der Waals surface area contributed by atoms with Crippen LogP contribution in [0, 0.1) is 33.8 Å². The van der Waals surface area contributed by atoms with E-state index < -0.39 is 11.6 Å². The number of non-ortho nitro benzene ring substituents is 1. The third kappa shape index (κ3) is 3.29. The van der Waals surface area contributed by atoms with Gasteiger partial charge < -0.3 is 28.6 Å². The van der Waals surface area contributed by atoms with Crippen LogP contribution in [0.2, 0.25) is 0 Å². The Bertz CT molecular complexity index is 1300. The second-order valence-electron chi connectivity index (χ2n) is 11.6. The first-order valence-electron chi connectivity index (χ1n) is 13.2. The first-order valence-corrected chi connectivity index (χ1v) is 13.2. The molecule has 5 aliphatic heterocycles. The number of nitrogens with zero attached hydrogens (tertiary/aromatic N) is 2. The Morgan fingerprint density at radius 3 is 1.97 bits per heavy atom. The molecule has 0 amide bonds. The topological polar surface area (TPSA) is 92.5 Å². The largest absolute Gasteiger partial charge is 0.472 e. The highest BCUT2D eigenvalue weighted by atomic mass is 16.7. The average Bonchev–Trinajstić information content (AvgIpc) is 3.35. The normalized spacial score (nSPS) is 35.2. The van der Waals surface area contributed by atoms with E-state index in [0.29, 0.717) is 38.3 Å². The Morgan fingerprint density at radius 1 is 0.865 bits per heavy atom. The number of hydrogen-bond acceptors (Lipinski definition) is 8. The predicted octanol–water partition coefficient (Wildman–Crippen LogP) is 4.82. The van der Waals surface area contributed by atoms with E-state index in [9.17, 15) is 10.1 Å². The van der Waals surface area contributed by atoms with E-state index in [1.54, 1.807) is 12.1 Å². The fourth-order valence-corrected chi connectivity index (χ4v) is 7.02. The number of nitro benzene ring substituents is 1. The molecular weight excluding hydrogens is 476 g/mol. The molecule has 6 atom stereocenters. The molecule has 9 heteroatoms. The number of benzene rings is 2. The molecule has 0 spiro atoms. The van der Waals surface area contributed by atoms with Crippen molar-refractivity contribution < 1.29 is 28.6 Å². The zero-order valence-electron chi connectivity index (χ0n) is 21.6. The van der Waals surface area contributed by atoms with Crippen molar-refractivity contribution in [2.75, 3.05) is 24.8 Å². The van der Waals surface area contributed by atoms with Crippen LogP contribution in [0.5, 0.6) is 17.2 Å². The van der Waals surface area contributed by atoms with Gasteiger partial charge in [0.25, 0.3) is 5.69 Å². The molecule has 2 saturated heterocycles. The summed E-state index contributed by atoms with van der Waals surface area (Å²) in [7, 11) is 0. The van der Waals surface area contributed by atoms with Crippen molar-refractivity contribution in [3.05, 3.63) is 51.1 Å². The Hall–Kier alpha value is -3.04. The minimum atomic E-state index is -0.705. The molecule has 2 fully saturated rings. The molecule has 7 rings (SSSR count). The molecule has 2 aromatic rings. The molecule has 196 valence electrons. The summed E-state index contributed by atoms with van der Waals surface area (Å²) in [6.45, 7) is 10.8. The third-order valence-electron chi connectivity index (χ3n) is 9.23. The lowest BCUT2D eigenvalue weighted by Crippen LogP contribution is -2.48. The molecule has 5 aliphatic rings. The minimum Gasteiger partial charge on any atom is -0.472 e. The van der Waals surface area contributed by atoms with E-state index in [-0.39, 0.29) is 22.4 Å². The van der Waals surface area contributed by atoms with Crippen LogP contribution in [0.1, 0.15) is 44.4 Å². The molecule has 2 aromatic carbocycles. The quantitative estimate of drug-likeness (QED) is 0.421. The zero-order chi connectivity index (χ0) is 25.7. The van der Waals surface area contributed by atoms with Gasteiger partial charge in [0.1, 0.15) is 17.2 Å². The summed E-state index contributed by atoms with van der Waals surface area (Å²) in [5.41, 5.74) is 4.09. The molecule has 6 unspecified atom stereocenters. The van der Waals surface area contributed by atoms with Crippen molar-refractivity contribution in [2.45, 2.75) is 58.7 Å². The van der Waals surface area contributed by atoms with Crippen molar-refractivity contribution in [1.82, 2.24) is 0 Å². The second-order valence-corrected chi connectivity index (χ2v) is 11.6. The Balaban J connectivity index is 1.35. The van der Waals surface area contributed by atoms with Gasteiger partial charge in [0, 0.05) is 54.6 Å². The summed E-state index contributed by atoms with van der Waals surface area (Å²) in [6.07, 6.45) is 1.63. The molecule has 0 bridgehead atoms. The fraction of sp³-hybridized carbons (Fsp3) is 0.571. The van der Waals surface area contributed by atoms with E-state index >= 15 is 0 Å². The van der Waals surface area contributed by atoms with Gasteiger partial charge in [-0.05, 0) is 36.8 Å². The van der Waals surface area contributed by atoms with Crippen LogP contribution in [-0.4, -0.2) is 36.4 Å². The summed E-state index contributed by atoms with van der Waals surface area (Å²) in [5.74, 6) is 2.31. The van der Waals surface area contributed by atoms with Crippen LogP contribution < -0.4 is 19.1 Å². The third-order valence-corrected chi connectivity index (χ3v) is 9.23. The van der Waals surface area contributed by atoms with Gasteiger partial charge in [0.05, 0.1) is 30.2 Å². The van der Waals surface area contributed by atoms with Crippen LogP contribution in [0.3, 0.4) is 0 Å². The fourth-order valence-electron chi connectivity index (χ4n) is 7.02. The number of hydrogen-bond donors (Lipinski definition) is 0. The molecule has 0 radical (unpaired) electrons. The molecule has 0 aromatic heterocycles. The first kappa shape index (κ1) is 23.1. The van der Waals surface area contributed by atoms with Crippen molar-refractivity contribution in [3.8, 4) is 17.2 Å². The van der Waals surface area contributed by atoms with Crippen LogP contribution in [0.15, 0.2) is 24.3 Å². The first-order chi connectivity index (χ1) is 17.7. The molecule has 9 nitrogen and oxygen atoms in total. The van der Waals surface area contributed by atoms with Crippen molar-refractivity contribution in [2.24, 2.45) is 23.7 Å². The van der Waals surface area contributed by atoms with Crippen molar-refractivity contribution in [1.29, 1.82) is 0 Å². The number of ether oxygens (including phenoxy) is 5. The van der Waals surface area contributed by atoms with E-state index in [1.165, 1.54) is 12.1 Å². The molecule has 37 heavy (non-hydrogen) atoms. The van der Waals surface area contributed by atoms with Gasteiger partial charge in [-0.25, -0.2) is 0 Å². The van der Waals surface area contributed by atoms with Gasteiger partial charge in [-0.15, -0.1) is 0 Å². The minimum absolute atomic E-state index is 0.0661. The SMILES string of the molecule is CC1COC2(C)Oc3c(c4c(c5c3CC3C(C)COC3(C)O5)CN(c3ccc([N+](=O)[O-])cc3)CO4)CC12. The van der Waals surface area contributed by atoms with E-state index in [0.717, 1.165) is 52.5 Å². The molecule has 0 saturated carbocycles. The van der Waals surface area contributed by atoms with Crippen LogP contribution in [-0.2, 0) is 28.9 Å². The maximum absolute atomic E-state index is 11.1. The second kappa shape index (κ2) is 7.74. The standard InChI is InChI=1S/C28H32N2O7/c1-15-12-34-27(3)22(15)9-19-24-21(11-29(14-33-24)17-5-7-18(8-6-17)30(31)32)26-20(25(19)36-27)10-23-16(2)13-35-28(23,4)37-26/h5-8,15-16,22-23H,9-14H2,1-4H3. The van der Waals surface area contributed by atoms with Gasteiger partial charge in [0.15, 0.2) is 6.73 Å². The lowest BCUT2D eigenvalue weighted by molar-refractivity contribution is -0.384. The van der Waals surface area contributed by atoms with Gasteiger partial charge in [-0.3, -0.25) is 10.1 Å². The predicted molar refractivity (Wildman–Crippen MR) is 134 cm³/mol. The lowest BCUT2D eigenvalue weighted by atomic mass is 9.77. The summed E-state index contributed by atoms with van der Waals surface area (Å²) < 4.78 is 32.3. The number of anilines is 1. The number of nitro groups is 1. The Labute approximate surface area is 215 Å². The molecule has 0 aliphatic carbocycles.